The summed E-state index contributed by atoms with van der Waals surface area (Å²) in [5, 5.41) is 12.8. The van der Waals surface area contributed by atoms with Gasteiger partial charge in [-0.05, 0) is 38.0 Å². The fraction of sp³-hybridized carbons (Fsp3) is 0.889. The Hall–Kier alpha value is -1.04. The van der Waals surface area contributed by atoms with Gasteiger partial charge in [-0.3, -0.25) is 4.79 Å². The summed E-state index contributed by atoms with van der Waals surface area (Å²) < 4.78 is 0. The molecule has 0 heterocycles. The second kappa shape index (κ2) is 9.07. The lowest BCUT2D eigenvalue weighted by Crippen LogP contribution is -2.48. The van der Waals surface area contributed by atoms with Gasteiger partial charge in [-0.2, -0.15) is 5.26 Å². The molecule has 0 spiro atoms. The van der Waals surface area contributed by atoms with Crippen LogP contribution in [0.3, 0.4) is 0 Å². The highest BCUT2D eigenvalue weighted by molar-refractivity contribution is 5.85. The number of nitriles is 1. The van der Waals surface area contributed by atoms with E-state index in [1.807, 2.05) is 13.8 Å². The van der Waals surface area contributed by atoms with Crippen LogP contribution in [-0.2, 0) is 4.79 Å². The van der Waals surface area contributed by atoms with Crippen molar-refractivity contribution in [2.75, 3.05) is 0 Å². The molecule has 1 atom stereocenters. The number of nitrogens with one attached hydrogen (secondary N) is 1. The predicted molar refractivity (Wildman–Crippen MR) is 86.7 cm³/mol. The highest BCUT2D eigenvalue weighted by atomic mass is 16.2. The molecule has 120 valence electrons. The van der Waals surface area contributed by atoms with Gasteiger partial charge in [0.25, 0.3) is 0 Å². The van der Waals surface area contributed by atoms with Gasteiger partial charge in [-0.25, -0.2) is 0 Å². The lowest BCUT2D eigenvalue weighted by atomic mass is 9.78. The summed E-state index contributed by atoms with van der Waals surface area (Å²) in [7, 11) is 0. The third-order valence-corrected chi connectivity index (χ3v) is 4.98. The highest BCUT2D eigenvalue weighted by Crippen LogP contribution is 2.32. The van der Waals surface area contributed by atoms with E-state index in [4.69, 9.17) is 0 Å². The van der Waals surface area contributed by atoms with E-state index in [1.165, 1.54) is 32.1 Å². The van der Waals surface area contributed by atoms with E-state index >= 15 is 0 Å². The first-order valence-corrected chi connectivity index (χ1v) is 8.85. The summed E-state index contributed by atoms with van der Waals surface area (Å²) >= 11 is 0. The molecule has 1 N–H and O–H groups in total. The van der Waals surface area contributed by atoms with Crippen LogP contribution in [0.5, 0.6) is 0 Å². The number of nitrogens with zero attached hydrogens (tertiary/aromatic N) is 1. The molecule has 0 saturated heterocycles. The molecule has 0 aromatic heterocycles. The van der Waals surface area contributed by atoms with Gasteiger partial charge < -0.3 is 5.32 Å². The number of amides is 1. The van der Waals surface area contributed by atoms with Crippen molar-refractivity contribution in [2.24, 2.45) is 11.3 Å². The van der Waals surface area contributed by atoms with Crippen LogP contribution in [0.15, 0.2) is 0 Å². The number of carbonyl (C=O) groups excluding carboxylic acids is 1. The minimum Gasteiger partial charge on any atom is -0.352 e. The molecule has 21 heavy (non-hydrogen) atoms. The smallest absolute Gasteiger partial charge is 0.240 e. The zero-order valence-electron chi connectivity index (χ0n) is 14.1. The molecule has 0 aromatic rings. The summed E-state index contributed by atoms with van der Waals surface area (Å²) in [6.07, 6.45) is 10.4. The summed E-state index contributed by atoms with van der Waals surface area (Å²) in [4.78, 5) is 12.8. The molecule has 0 aliphatic heterocycles. The van der Waals surface area contributed by atoms with Gasteiger partial charge in [-0.1, -0.05) is 52.9 Å². The second-order valence-corrected chi connectivity index (χ2v) is 6.58. The van der Waals surface area contributed by atoms with Crippen molar-refractivity contribution >= 4 is 5.91 Å². The fourth-order valence-corrected chi connectivity index (χ4v) is 3.76. The molecule has 0 aromatic carbocycles. The van der Waals surface area contributed by atoms with Crippen molar-refractivity contribution in [3.63, 3.8) is 0 Å². The maximum atomic E-state index is 12.8. The van der Waals surface area contributed by atoms with Gasteiger partial charge in [0.15, 0.2) is 0 Å². The summed E-state index contributed by atoms with van der Waals surface area (Å²) in [6.45, 7) is 6.24. The fourth-order valence-electron chi connectivity index (χ4n) is 3.76. The Morgan fingerprint density at radius 1 is 1.19 bits per heavy atom. The Labute approximate surface area is 130 Å². The molecule has 1 aliphatic carbocycles. The standard InChI is InChI=1S/C18H32N2O/c1-4-12-18(14-19,13-5-2)17(21)20-16(6-3)15-10-8-7-9-11-15/h15-16H,4-13H2,1-3H3,(H,20,21). The number of carbonyl (C=O) groups is 1. The molecule has 1 amide bonds. The second-order valence-electron chi connectivity index (χ2n) is 6.58. The molecule has 1 saturated carbocycles. The minimum absolute atomic E-state index is 0.0221. The van der Waals surface area contributed by atoms with Crippen LogP contribution in [-0.4, -0.2) is 11.9 Å². The third-order valence-electron chi connectivity index (χ3n) is 4.98. The van der Waals surface area contributed by atoms with Gasteiger partial charge in [0.1, 0.15) is 5.41 Å². The summed E-state index contributed by atoms with van der Waals surface area (Å²) in [5.41, 5.74) is -0.814. The monoisotopic (exact) mass is 292 g/mol. The van der Waals surface area contributed by atoms with E-state index in [1.54, 1.807) is 0 Å². The van der Waals surface area contributed by atoms with Crippen LogP contribution in [0, 0.1) is 22.7 Å². The molecule has 1 fully saturated rings. The number of rotatable bonds is 8. The predicted octanol–water partition coefficient (Wildman–Crippen LogP) is 4.57. The zero-order chi connectivity index (χ0) is 15.7. The normalized spacial score (nSPS) is 18.0. The maximum absolute atomic E-state index is 12.8. The largest absolute Gasteiger partial charge is 0.352 e. The van der Waals surface area contributed by atoms with Gasteiger partial charge in [-0.15, -0.1) is 0 Å². The van der Waals surface area contributed by atoms with Crippen LogP contribution in [0.4, 0.5) is 0 Å². The first kappa shape index (κ1) is 18.0. The molecular weight excluding hydrogens is 260 g/mol. The molecule has 1 unspecified atom stereocenters. The minimum atomic E-state index is -0.814. The molecule has 3 heteroatoms. The van der Waals surface area contributed by atoms with Crippen LogP contribution in [0.2, 0.25) is 0 Å². The Morgan fingerprint density at radius 3 is 2.19 bits per heavy atom. The van der Waals surface area contributed by atoms with E-state index in [-0.39, 0.29) is 11.9 Å². The highest BCUT2D eigenvalue weighted by Gasteiger charge is 2.38. The lowest BCUT2D eigenvalue weighted by molar-refractivity contribution is -0.130. The maximum Gasteiger partial charge on any atom is 0.240 e. The van der Waals surface area contributed by atoms with Crippen molar-refractivity contribution in [3.05, 3.63) is 0 Å². The van der Waals surface area contributed by atoms with E-state index in [0.29, 0.717) is 18.8 Å². The van der Waals surface area contributed by atoms with Gasteiger partial charge in [0.2, 0.25) is 5.91 Å². The van der Waals surface area contributed by atoms with Crippen LogP contribution in [0.1, 0.15) is 85.0 Å². The van der Waals surface area contributed by atoms with E-state index in [0.717, 1.165) is 19.3 Å². The van der Waals surface area contributed by atoms with E-state index < -0.39 is 5.41 Å². The first-order chi connectivity index (χ1) is 10.1. The molecule has 1 aliphatic rings. The SMILES string of the molecule is CCCC(C#N)(CCC)C(=O)NC(CC)C1CCCCC1. The Balaban J connectivity index is 2.75. The van der Waals surface area contributed by atoms with Gasteiger partial charge in [0, 0.05) is 6.04 Å². The number of hydrogen-bond acceptors (Lipinski definition) is 2. The van der Waals surface area contributed by atoms with Crippen molar-refractivity contribution < 1.29 is 4.79 Å². The van der Waals surface area contributed by atoms with Gasteiger partial charge >= 0.3 is 0 Å². The Kier molecular flexibility index (Phi) is 7.78. The van der Waals surface area contributed by atoms with E-state index in [9.17, 15) is 10.1 Å². The average Bonchev–Trinajstić information content (AvgIpc) is 2.52. The summed E-state index contributed by atoms with van der Waals surface area (Å²) in [5.74, 6) is 0.582. The molecule has 1 rings (SSSR count). The van der Waals surface area contributed by atoms with Gasteiger partial charge in [0.05, 0.1) is 6.07 Å². The van der Waals surface area contributed by atoms with Crippen LogP contribution in [0.25, 0.3) is 0 Å². The van der Waals surface area contributed by atoms with Crippen molar-refractivity contribution in [3.8, 4) is 6.07 Å². The third kappa shape index (κ3) is 4.73. The Bertz CT molecular complexity index is 347. The van der Waals surface area contributed by atoms with Crippen molar-refractivity contribution in [2.45, 2.75) is 91.0 Å². The summed E-state index contributed by atoms with van der Waals surface area (Å²) in [6, 6.07) is 2.59. The molecule has 0 bridgehead atoms. The van der Waals surface area contributed by atoms with Crippen LogP contribution >= 0.6 is 0 Å². The molecular formula is C18H32N2O. The van der Waals surface area contributed by atoms with Crippen molar-refractivity contribution in [1.82, 2.24) is 5.32 Å². The molecule has 0 radical (unpaired) electrons. The topological polar surface area (TPSA) is 52.9 Å². The van der Waals surface area contributed by atoms with Crippen LogP contribution < -0.4 is 5.32 Å². The molecule has 3 nitrogen and oxygen atoms in total. The average molecular weight is 292 g/mol. The Morgan fingerprint density at radius 2 is 1.76 bits per heavy atom. The quantitative estimate of drug-likeness (QED) is 0.712. The number of hydrogen-bond donors (Lipinski definition) is 1. The van der Waals surface area contributed by atoms with Crippen molar-refractivity contribution in [1.29, 1.82) is 5.26 Å². The first-order valence-electron chi connectivity index (χ1n) is 8.85. The lowest BCUT2D eigenvalue weighted by Gasteiger charge is -2.33. The van der Waals surface area contributed by atoms with E-state index in [2.05, 4.69) is 18.3 Å². The zero-order valence-corrected chi connectivity index (χ0v) is 14.1.